The van der Waals surface area contributed by atoms with Crippen LogP contribution in [0.15, 0.2) is 12.2 Å². The smallest absolute Gasteiger partial charge is 0.303 e. The number of hydrogen-bond acceptors (Lipinski definition) is 17. The highest BCUT2D eigenvalue weighted by Gasteiger charge is 2.00. The summed E-state index contributed by atoms with van der Waals surface area (Å²) < 4.78 is 0. The van der Waals surface area contributed by atoms with Gasteiger partial charge in [-0.25, -0.2) is 0 Å². The summed E-state index contributed by atoms with van der Waals surface area (Å²) in [6.07, 6.45) is 27.3. The molecule has 0 amide bonds. The van der Waals surface area contributed by atoms with Gasteiger partial charge in [-0.15, -0.1) is 0 Å². The number of unbranched alkanes of at least 4 members (excludes halogenated alkanes) is 17. The van der Waals surface area contributed by atoms with Crippen LogP contribution in [0.3, 0.4) is 0 Å². The van der Waals surface area contributed by atoms with E-state index < -0.39 is 30.4 Å². The van der Waals surface area contributed by atoms with Crippen LogP contribution >= 0.6 is 0 Å². The van der Waals surface area contributed by atoms with Gasteiger partial charge in [-0.3, -0.25) is 4.79 Å². The number of carboxylic acid groups (broad SMARTS) is 1. The summed E-state index contributed by atoms with van der Waals surface area (Å²) in [5, 5.41) is 139. The molecule has 17 N–H and O–H groups in total. The molecule has 0 aliphatic heterocycles. The summed E-state index contributed by atoms with van der Waals surface area (Å²) >= 11 is 0. The minimum Gasteiger partial charge on any atom is -0.481 e. The van der Waals surface area contributed by atoms with Gasteiger partial charge in [0.1, 0.15) is 0 Å². The maximum atomic E-state index is 10.3. The van der Waals surface area contributed by atoms with E-state index in [1.807, 2.05) is 0 Å². The van der Waals surface area contributed by atoms with Gasteiger partial charge >= 0.3 is 5.97 Å². The lowest BCUT2D eigenvalue weighted by molar-refractivity contribution is -0.137. The van der Waals surface area contributed by atoms with Gasteiger partial charge < -0.3 is 86.8 Å². The molecule has 0 radical (unpaired) electrons. The van der Waals surface area contributed by atoms with E-state index in [1.165, 1.54) is 70.6 Å². The van der Waals surface area contributed by atoms with Gasteiger partial charge in [-0.2, -0.15) is 0 Å². The number of aliphatic hydroxyl groups excluding tert-OH is 16. The molecule has 0 aliphatic rings. The van der Waals surface area contributed by atoms with Gasteiger partial charge in [-0.1, -0.05) is 83.3 Å². The molecule has 0 aromatic rings. The third kappa shape index (κ3) is 151. The van der Waals surface area contributed by atoms with Crippen LogP contribution in [0.2, 0.25) is 0 Å². The minimum absolute atomic E-state index is 0.0810. The average molecular weight is 1000 g/mol. The summed E-state index contributed by atoms with van der Waals surface area (Å²) in [5.74, 6) is -0.664. The Balaban J connectivity index is -0.0000000880. The number of hydrogen-bond donors (Lipinski definition) is 17. The van der Waals surface area contributed by atoms with Crippen LogP contribution in [0.1, 0.15) is 202 Å². The van der Waals surface area contributed by atoms with Crippen molar-refractivity contribution in [2.75, 3.05) is 72.7 Å². The fourth-order valence-electron chi connectivity index (χ4n) is 3.81. The molecule has 0 aromatic heterocycles. The van der Waals surface area contributed by atoms with Crippen LogP contribution < -0.4 is 0 Å². The lowest BCUT2D eigenvalue weighted by Gasteiger charge is -2.03. The molecule has 18 nitrogen and oxygen atoms in total. The lowest BCUT2D eigenvalue weighted by atomic mass is 10.1. The van der Waals surface area contributed by atoms with Crippen molar-refractivity contribution in [2.45, 2.75) is 233 Å². The van der Waals surface area contributed by atoms with Gasteiger partial charge in [0.25, 0.3) is 0 Å². The molecule has 0 rings (SSSR count). The molecular weight excluding hydrogens is 889 g/mol. The van der Waals surface area contributed by atoms with Crippen LogP contribution in [0.25, 0.3) is 0 Å². The average Bonchev–Trinajstić information content (AvgIpc) is 3.30. The molecular formula is C50H114O18. The highest BCUT2D eigenvalue weighted by molar-refractivity contribution is 5.66. The van der Waals surface area contributed by atoms with Crippen LogP contribution in [0, 0.1) is 0 Å². The molecule has 0 saturated carbocycles. The predicted molar refractivity (Wildman–Crippen MR) is 274 cm³/mol. The molecule has 18 heteroatoms. The Hall–Kier alpha value is -1.43. The van der Waals surface area contributed by atoms with Gasteiger partial charge in [-0.05, 0) is 125 Å². The molecule has 422 valence electrons. The van der Waals surface area contributed by atoms with E-state index in [9.17, 15) is 4.79 Å². The number of rotatable bonds is 34. The molecule has 0 heterocycles. The van der Waals surface area contributed by atoms with Gasteiger partial charge in [0.2, 0.25) is 0 Å². The first-order valence-electron chi connectivity index (χ1n) is 25.4. The first kappa shape index (κ1) is 86.4. The monoisotopic (exact) mass is 1000 g/mol. The zero-order valence-corrected chi connectivity index (χ0v) is 44.0. The fraction of sp³-hybridized carbons (Fsp3) is 0.940. The van der Waals surface area contributed by atoms with Crippen molar-refractivity contribution in [2.24, 2.45) is 0 Å². The van der Waals surface area contributed by atoms with Crippen molar-refractivity contribution in [3.63, 3.8) is 0 Å². The van der Waals surface area contributed by atoms with E-state index >= 15 is 0 Å². The standard InChI is InChI=1S/C18H34O2.C6H14O2.C5H12O2.4C4H10O2.C3H8O2.C2H6O2/c1-2-3-4-5-6-7-8-9-10-11-12-13-14-15-16-17-18(19)20;7-5-3-1-2-4-6-8;6-4-2-1-3-5-7;1-4(6)2-3-5;2*1-3(5)4(2)6;5-3-1-2-4-6;4-2-1-3-5;3-1-2-4/h9-10H,2-8,11-17H2,1H3,(H,19,20);7-8H,1-6H2;6-7H,1-5H2;4-6H,2-3H2,1H3;2*3-6H,1-2H3;5-6H,1-4H2;4-5H,1-3H2;3-4H,1-2H2/b10-9-;;;;;;;;. The molecule has 0 bridgehead atoms. The number of aliphatic hydroxyl groups is 16. The molecule has 0 spiro atoms. The molecule has 5 atom stereocenters. The van der Waals surface area contributed by atoms with E-state index in [0.717, 1.165) is 70.6 Å². The second-order valence-electron chi connectivity index (χ2n) is 15.8. The predicted octanol–water partition coefficient (Wildman–Crippen LogP) is 4.11. The zero-order valence-electron chi connectivity index (χ0n) is 44.0. The van der Waals surface area contributed by atoms with Gasteiger partial charge in [0.05, 0.1) is 43.7 Å². The van der Waals surface area contributed by atoms with Crippen molar-refractivity contribution in [1.29, 1.82) is 0 Å². The molecule has 0 saturated heterocycles. The topological polar surface area (TPSA) is 361 Å². The van der Waals surface area contributed by atoms with Crippen LogP contribution in [0.4, 0.5) is 0 Å². The van der Waals surface area contributed by atoms with Gasteiger partial charge in [0, 0.05) is 65.9 Å². The number of carboxylic acids is 1. The quantitative estimate of drug-likeness (QED) is 0.0318. The molecule has 0 fully saturated rings. The third-order valence-electron chi connectivity index (χ3n) is 8.46. The number of allylic oxidation sites excluding steroid dienone is 2. The number of aliphatic carboxylic acids is 1. The first-order valence-corrected chi connectivity index (χ1v) is 25.4. The molecule has 0 aliphatic carbocycles. The van der Waals surface area contributed by atoms with Crippen molar-refractivity contribution < 1.29 is 91.6 Å². The third-order valence-corrected chi connectivity index (χ3v) is 8.46. The Bertz CT molecular complexity index is 735. The fourth-order valence-corrected chi connectivity index (χ4v) is 3.81. The Labute approximate surface area is 414 Å². The van der Waals surface area contributed by atoms with E-state index in [4.69, 9.17) is 86.8 Å². The summed E-state index contributed by atoms with van der Waals surface area (Å²) in [7, 11) is 0. The lowest BCUT2D eigenvalue weighted by Crippen LogP contribution is -2.17. The van der Waals surface area contributed by atoms with Crippen LogP contribution in [0.5, 0.6) is 0 Å². The van der Waals surface area contributed by atoms with E-state index in [0.29, 0.717) is 19.3 Å². The van der Waals surface area contributed by atoms with E-state index in [1.54, 1.807) is 34.6 Å². The van der Waals surface area contributed by atoms with Crippen molar-refractivity contribution in [1.82, 2.24) is 0 Å². The largest absolute Gasteiger partial charge is 0.481 e. The van der Waals surface area contributed by atoms with Crippen molar-refractivity contribution >= 4 is 5.97 Å². The van der Waals surface area contributed by atoms with E-state index in [-0.39, 0.29) is 78.8 Å². The second kappa shape index (κ2) is 91.8. The Morgan fingerprint density at radius 2 is 0.588 bits per heavy atom. The summed E-state index contributed by atoms with van der Waals surface area (Å²) in [5.41, 5.74) is 0. The maximum absolute atomic E-state index is 10.3. The summed E-state index contributed by atoms with van der Waals surface area (Å²) in [6, 6.07) is 0. The normalized spacial score (nSPS) is 12.1. The maximum Gasteiger partial charge on any atom is 0.303 e. The van der Waals surface area contributed by atoms with Crippen LogP contribution in [-0.4, -0.2) is 196 Å². The number of carbonyl (C=O) groups is 1. The first-order chi connectivity index (χ1) is 32.4. The highest BCUT2D eigenvalue weighted by atomic mass is 16.4. The zero-order chi connectivity index (χ0) is 54.3. The second-order valence-corrected chi connectivity index (χ2v) is 15.8. The van der Waals surface area contributed by atoms with Crippen LogP contribution in [-0.2, 0) is 4.79 Å². The van der Waals surface area contributed by atoms with E-state index in [2.05, 4.69) is 19.1 Å². The molecule has 5 unspecified atom stereocenters. The SMILES string of the molecule is CC(O)C(C)O.CC(O)C(C)O.CC(O)CCO.CCCCCCCC/C=C\CCCCCCCC(=O)O.OCCCCCCO.OCCCCCO.OCCCCO.OCCCO.OCCO. The summed E-state index contributed by atoms with van der Waals surface area (Å²) in [6.45, 7) is 11.6. The van der Waals surface area contributed by atoms with Crippen molar-refractivity contribution in [3.8, 4) is 0 Å². The molecule has 0 aromatic carbocycles. The highest BCUT2D eigenvalue weighted by Crippen LogP contribution is 2.10. The Kier molecular flexibility index (Phi) is 117. The van der Waals surface area contributed by atoms with Gasteiger partial charge in [0.15, 0.2) is 0 Å². The Morgan fingerprint density at radius 1 is 0.338 bits per heavy atom. The minimum atomic E-state index is -0.664. The summed E-state index contributed by atoms with van der Waals surface area (Å²) in [4.78, 5) is 10.3. The van der Waals surface area contributed by atoms with Crippen molar-refractivity contribution in [3.05, 3.63) is 12.2 Å². The molecule has 68 heavy (non-hydrogen) atoms. The Morgan fingerprint density at radius 3 is 0.794 bits per heavy atom.